The Bertz CT molecular complexity index is 845. The lowest BCUT2D eigenvalue weighted by molar-refractivity contribution is -0.138. The van der Waals surface area contributed by atoms with Gasteiger partial charge in [-0.25, -0.2) is 9.48 Å². The molecule has 142 valence electrons. The van der Waals surface area contributed by atoms with E-state index < -0.39 is 0 Å². The van der Waals surface area contributed by atoms with Crippen molar-refractivity contribution in [2.24, 2.45) is 0 Å². The van der Waals surface area contributed by atoms with Crippen molar-refractivity contribution in [2.75, 3.05) is 17.7 Å². The van der Waals surface area contributed by atoms with Crippen molar-refractivity contribution in [1.29, 1.82) is 0 Å². The number of carbonyl (C=O) groups is 1. The van der Waals surface area contributed by atoms with Crippen molar-refractivity contribution in [1.82, 2.24) is 14.8 Å². The Morgan fingerprint density at radius 1 is 1.41 bits per heavy atom. The van der Waals surface area contributed by atoms with E-state index in [2.05, 4.69) is 28.9 Å². The largest absolute Gasteiger partial charge is 0.458 e. The molecular weight excluding hydrogens is 360 g/mol. The fourth-order valence-corrected chi connectivity index (χ4v) is 3.83. The molecule has 0 saturated carbocycles. The second kappa shape index (κ2) is 8.90. The molecule has 2 heterocycles. The highest BCUT2D eigenvalue weighted by Crippen LogP contribution is 2.36. The summed E-state index contributed by atoms with van der Waals surface area (Å²) in [5.41, 5.74) is 2.22. The predicted molar refractivity (Wildman–Crippen MR) is 108 cm³/mol. The van der Waals surface area contributed by atoms with Gasteiger partial charge in [0.15, 0.2) is 0 Å². The van der Waals surface area contributed by atoms with Gasteiger partial charge in [-0.2, -0.15) is 4.98 Å². The normalized spacial score (nSPS) is 15.9. The zero-order valence-corrected chi connectivity index (χ0v) is 16.5. The Labute approximate surface area is 163 Å². The zero-order chi connectivity index (χ0) is 19.2. The molecule has 0 radical (unpaired) electrons. The van der Waals surface area contributed by atoms with E-state index in [1.165, 1.54) is 0 Å². The maximum absolute atomic E-state index is 12.7. The maximum atomic E-state index is 12.7. The Kier molecular flexibility index (Phi) is 6.34. The molecule has 0 saturated heterocycles. The summed E-state index contributed by atoms with van der Waals surface area (Å²) < 4.78 is 7.11. The molecule has 1 aromatic heterocycles. The van der Waals surface area contributed by atoms with Crippen molar-refractivity contribution < 1.29 is 9.53 Å². The van der Waals surface area contributed by atoms with Crippen molar-refractivity contribution >= 4 is 23.7 Å². The third-order valence-corrected chi connectivity index (χ3v) is 5.15. The van der Waals surface area contributed by atoms with Crippen molar-refractivity contribution in [3.05, 3.63) is 59.8 Å². The minimum absolute atomic E-state index is 0.166. The molecule has 0 bridgehead atoms. The molecule has 7 heteroatoms. The summed E-state index contributed by atoms with van der Waals surface area (Å²) in [6, 6.07) is 9.44. The SMILES string of the molecule is C=CCOC(=O)C1=C(C)Nc2nc(SCCCC)nn2C1c1ccccc1. The molecule has 2 aromatic rings. The van der Waals surface area contributed by atoms with E-state index in [0.29, 0.717) is 16.7 Å². The van der Waals surface area contributed by atoms with Crippen LogP contribution in [0.4, 0.5) is 5.95 Å². The summed E-state index contributed by atoms with van der Waals surface area (Å²) in [4.78, 5) is 17.3. The van der Waals surface area contributed by atoms with E-state index in [1.807, 2.05) is 37.3 Å². The number of ether oxygens (including phenoxy) is 1. The summed E-state index contributed by atoms with van der Waals surface area (Å²) >= 11 is 1.63. The van der Waals surface area contributed by atoms with E-state index in [0.717, 1.165) is 29.9 Å². The summed E-state index contributed by atoms with van der Waals surface area (Å²) in [7, 11) is 0. The van der Waals surface area contributed by atoms with Crippen molar-refractivity contribution in [3.63, 3.8) is 0 Å². The van der Waals surface area contributed by atoms with Crippen molar-refractivity contribution in [3.8, 4) is 0 Å². The molecule has 1 aliphatic rings. The second-order valence-electron chi connectivity index (χ2n) is 6.23. The standard InChI is InChI=1S/C20H24N4O2S/c1-4-6-13-27-20-22-19-21-14(3)16(18(25)26-12-5-2)17(24(19)23-20)15-10-8-7-9-11-15/h5,7-11,17H,2,4,6,12-13H2,1,3H3,(H,21,22,23). The fraction of sp³-hybridized carbons (Fsp3) is 0.350. The quantitative estimate of drug-likeness (QED) is 0.319. The van der Waals surface area contributed by atoms with E-state index >= 15 is 0 Å². The third kappa shape index (κ3) is 4.24. The number of carbonyl (C=O) groups excluding carboxylic acids is 1. The Hall–Kier alpha value is -2.54. The summed E-state index contributed by atoms with van der Waals surface area (Å²) in [5, 5.41) is 8.59. The summed E-state index contributed by atoms with van der Waals surface area (Å²) in [6.45, 7) is 7.80. The fourth-order valence-electron chi connectivity index (χ4n) is 2.92. The number of allylic oxidation sites excluding steroid dienone is 1. The van der Waals surface area contributed by atoms with Gasteiger partial charge in [0.05, 0.1) is 5.57 Å². The number of anilines is 1. The van der Waals surface area contributed by atoms with Crippen LogP contribution >= 0.6 is 11.8 Å². The first-order valence-electron chi connectivity index (χ1n) is 9.05. The number of hydrogen-bond acceptors (Lipinski definition) is 6. The molecule has 0 aliphatic carbocycles. The Morgan fingerprint density at radius 3 is 2.89 bits per heavy atom. The maximum Gasteiger partial charge on any atom is 0.338 e. The summed E-state index contributed by atoms with van der Waals surface area (Å²) in [5.74, 6) is 1.23. The highest BCUT2D eigenvalue weighted by Gasteiger charge is 2.35. The van der Waals surface area contributed by atoms with Gasteiger partial charge in [-0.15, -0.1) is 5.10 Å². The molecular formula is C20H24N4O2S. The van der Waals surface area contributed by atoms with E-state index in [1.54, 1.807) is 22.5 Å². The van der Waals surface area contributed by atoms with Gasteiger partial charge in [0.2, 0.25) is 11.1 Å². The number of aromatic nitrogens is 3. The van der Waals surface area contributed by atoms with Crippen LogP contribution in [0.1, 0.15) is 38.3 Å². The Balaban J connectivity index is 1.99. The average Bonchev–Trinajstić information content (AvgIpc) is 3.08. The molecule has 0 fully saturated rings. The zero-order valence-electron chi connectivity index (χ0n) is 15.6. The molecule has 1 N–H and O–H groups in total. The predicted octanol–water partition coefficient (Wildman–Crippen LogP) is 4.19. The molecule has 1 aromatic carbocycles. The van der Waals surface area contributed by atoms with Gasteiger partial charge in [-0.05, 0) is 18.9 Å². The van der Waals surface area contributed by atoms with Crippen LogP contribution in [0.25, 0.3) is 0 Å². The molecule has 1 unspecified atom stereocenters. The highest BCUT2D eigenvalue weighted by molar-refractivity contribution is 7.99. The van der Waals surface area contributed by atoms with Crippen LogP contribution in [0, 0.1) is 0 Å². The van der Waals surface area contributed by atoms with Gasteiger partial charge >= 0.3 is 5.97 Å². The number of fused-ring (bicyclic) bond motifs is 1. The monoisotopic (exact) mass is 384 g/mol. The number of hydrogen-bond donors (Lipinski definition) is 1. The molecule has 3 rings (SSSR count). The van der Waals surface area contributed by atoms with Gasteiger partial charge in [0.25, 0.3) is 0 Å². The first-order valence-corrected chi connectivity index (χ1v) is 10.0. The topological polar surface area (TPSA) is 69.0 Å². The number of benzene rings is 1. The lowest BCUT2D eigenvalue weighted by Gasteiger charge is -2.28. The van der Waals surface area contributed by atoms with Crippen LogP contribution in [0.15, 0.2) is 59.4 Å². The number of thioether (sulfide) groups is 1. The number of esters is 1. The van der Waals surface area contributed by atoms with Gasteiger partial charge in [-0.1, -0.05) is 68.1 Å². The lowest BCUT2D eigenvalue weighted by atomic mass is 9.96. The minimum atomic E-state index is -0.382. The molecule has 0 amide bonds. The number of unbranched alkanes of at least 4 members (excludes halogenated alkanes) is 1. The van der Waals surface area contributed by atoms with Crippen LogP contribution < -0.4 is 5.32 Å². The van der Waals surface area contributed by atoms with Crippen molar-refractivity contribution in [2.45, 2.75) is 37.9 Å². The number of rotatable bonds is 8. The number of nitrogens with one attached hydrogen (secondary N) is 1. The van der Waals surface area contributed by atoms with Gasteiger partial charge in [0.1, 0.15) is 12.6 Å². The van der Waals surface area contributed by atoms with E-state index in [-0.39, 0.29) is 18.6 Å². The number of nitrogens with zero attached hydrogens (tertiary/aromatic N) is 3. The second-order valence-corrected chi connectivity index (χ2v) is 7.29. The first kappa shape index (κ1) is 19.2. The van der Waals surface area contributed by atoms with Crippen LogP contribution in [0.3, 0.4) is 0 Å². The minimum Gasteiger partial charge on any atom is -0.458 e. The van der Waals surface area contributed by atoms with Crippen LogP contribution in [0.5, 0.6) is 0 Å². The van der Waals surface area contributed by atoms with E-state index in [9.17, 15) is 4.79 Å². The lowest BCUT2D eigenvalue weighted by Crippen LogP contribution is -2.29. The smallest absolute Gasteiger partial charge is 0.338 e. The molecule has 1 atom stereocenters. The first-order chi connectivity index (χ1) is 13.2. The van der Waals surface area contributed by atoms with Crippen LogP contribution in [-0.4, -0.2) is 33.1 Å². The molecule has 27 heavy (non-hydrogen) atoms. The van der Waals surface area contributed by atoms with Gasteiger partial charge in [-0.3, -0.25) is 0 Å². The molecule has 6 nitrogen and oxygen atoms in total. The van der Waals surface area contributed by atoms with Crippen LogP contribution in [-0.2, 0) is 9.53 Å². The average molecular weight is 385 g/mol. The molecule has 0 spiro atoms. The summed E-state index contributed by atoms with van der Waals surface area (Å²) in [6.07, 6.45) is 3.80. The van der Waals surface area contributed by atoms with E-state index in [4.69, 9.17) is 4.74 Å². The molecule has 1 aliphatic heterocycles. The third-order valence-electron chi connectivity index (χ3n) is 4.23. The van der Waals surface area contributed by atoms with Gasteiger partial charge < -0.3 is 10.1 Å². The van der Waals surface area contributed by atoms with Gasteiger partial charge in [0, 0.05) is 11.4 Å². The highest BCUT2D eigenvalue weighted by atomic mass is 32.2. The Morgan fingerprint density at radius 2 is 2.19 bits per heavy atom. The van der Waals surface area contributed by atoms with Crippen LogP contribution in [0.2, 0.25) is 0 Å².